The van der Waals surface area contributed by atoms with Crippen LogP contribution in [0.3, 0.4) is 0 Å². The summed E-state index contributed by atoms with van der Waals surface area (Å²) in [4.78, 5) is 37.1. The molecule has 2 heterocycles. The van der Waals surface area contributed by atoms with Gasteiger partial charge in [0.25, 0.3) is 5.56 Å². The fourth-order valence-corrected chi connectivity index (χ4v) is 3.18. The third-order valence-electron chi connectivity index (χ3n) is 4.45. The highest BCUT2D eigenvalue weighted by atomic mass is 16.5. The largest absolute Gasteiger partial charge is 0.493 e. The molecule has 1 aromatic heterocycles. The molecule has 132 valence electrons. The summed E-state index contributed by atoms with van der Waals surface area (Å²) >= 11 is 0. The quantitative estimate of drug-likeness (QED) is 0.908. The molecule has 2 aromatic rings. The number of hydrogen-bond donors (Lipinski definition) is 1. The van der Waals surface area contributed by atoms with Gasteiger partial charge < -0.3 is 10.1 Å². The molecule has 7 nitrogen and oxygen atoms in total. The SMILES string of the molecule is CCCOc1ccccc1[C@@H]1CC(=O)Nc2c1c(=O)n(C)c(=O)n2C. The van der Waals surface area contributed by atoms with Gasteiger partial charge in [-0.3, -0.25) is 18.7 Å². The van der Waals surface area contributed by atoms with Gasteiger partial charge in [-0.15, -0.1) is 0 Å². The Hall–Kier alpha value is -2.83. The zero-order chi connectivity index (χ0) is 18.1. The van der Waals surface area contributed by atoms with Gasteiger partial charge in [0.2, 0.25) is 5.91 Å². The molecule has 1 aliphatic heterocycles. The number of benzene rings is 1. The third-order valence-corrected chi connectivity index (χ3v) is 4.45. The maximum atomic E-state index is 12.8. The molecule has 3 rings (SSSR count). The first-order valence-corrected chi connectivity index (χ1v) is 8.27. The fraction of sp³-hybridized carbons (Fsp3) is 0.389. The summed E-state index contributed by atoms with van der Waals surface area (Å²) in [7, 11) is 2.99. The predicted molar refractivity (Wildman–Crippen MR) is 94.2 cm³/mol. The van der Waals surface area contributed by atoms with E-state index in [2.05, 4.69) is 5.32 Å². The molecule has 7 heteroatoms. The molecule has 0 spiro atoms. The van der Waals surface area contributed by atoms with Crippen LogP contribution in [-0.2, 0) is 18.9 Å². The number of hydrogen-bond acceptors (Lipinski definition) is 4. The Kier molecular flexibility index (Phi) is 4.48. The standard InChI is InChI=1S/C18H21N3O4/c1-4-9-25-13-8-6-5-7-11(13)12-10-14(22)19-16-15(12)17(23)21(3)18(24)20(16)2/h5-8,12H,4,9-10H2,1-3H3,(H,19,22)/t12-/m0/s1. The number of amides is 1. The van der Waals surface area contributed by atoms with Crippen molar-refractivity contribution in [2.24, 2.45) is 14.1 Å². The lowest BCUT2D eigenvalue weighted by Crippen LogP contribution is -2.44. The van der Waals surface area contributed by atoms with E-state index in [1.54, 1.807) is 7.05 Å². The lowest BCUT2D eigenvalue weighted by Gasteiger charge is -2.28. The Morgan fingerprint density at radius 3 is 2.60 bits per heavy atom. The Labute approximate surface area is 144 Å². The van der Waals surface area contributed by atoms with Crippen molar-refractivity contribution in [2.75, 3.05) is 11.9 Å². The molecule has 0 radical (unpaired) electrons. The number of fused-ring (bicyclic) bond motifs is 1. The number of nitrogens with one attached hydrogen (secondary N) is 1. The topological polar surface area (TPSA) is 82.3 Å². The van der Waals surface area contributed by atoms with Gasteiger partial charge in [0, 0.05) is 32.0 Å². The van der Waals surface area contributed by atoms with E-state index in [4.69, 9.17) is 4.74 Å². The summed E-state index contributed by atoms with van der Waals surface area (Å²) in [5, 5.41) is 2.67. The summed E-state index contributed by atoms with van der Waals surface area (Å²) in [6, 6.07) is 7.41. The fourth-order valence-electron chi connectivity index (χ4n) is 3.18. The van der Waals surface area contributed by atoms with Gasteiger partial charge in [0.1, 0.15) is 11.6 Å². The van der Waals surface area contributed by atoms with Crippen molar-refractivity contribution in [3.63, 3.8) is 0 Å². The van der Waals surface area contributed by atoms with Gasteiger partial charge in [0.15, 0.2) is 0 Å². The molecule has 1 atom stereocenters. The highest BCUT2D eigenvalue weighted by Crippen LogP contribution is 2.38. The van der Waals surface area contributed by atoms with Crippen molar-refractivity contribution < 1.29 is 9.53 Å². The Morgan fingerprint density at radius 2 is 1.88 bits per heavy atom. The van der Waals surface area contributed by atoms with Crippen molar-refractivity contribution in [3.8, 4) is 5.75 Å². The van der Waals surface area contributed by atoms with Crippen molar-refractivity contribution in [2.45, 2.75) is 25.7 Å². The number of carbonyl (C=O) groups is 1. The second-order valence-corrected chi connectivity index (χ2v) is 6.16. The lowest BCUT2D eigenvalue weighted by atomic mass is 9.86. The lowest BCUT2D eigenvalue weighted by molar-refractivity contribution is -0.116. The first-order chi connectivity index (χ1) is 12.0. The van der Waals surface area contributed by atoms with E-state index in [0.717, 1.165) is 16.6 Å². The molecular weight excluding hydrogens is 322 g/mol. The van der Waals surface area contributed by atoms with Crippen LogP contribution in [0.4, 0.5) is 5.82 Å². The smallest absolute Gasteiger partial charge is 0.332 e. The van der Waals surface area contributed by atoms with Crippen molar-refractivity contribution in [1.29, 1.82) is 0 Å². The maximum absolute atomic E-state index is 12.8. The first kappa shape index (κ1) is 17.0. The number of rotatable bonds is 4. The van der Waals surface area contributed by atoms with Crippen LogP contribution in [-0.4, -0.2) is 21.6 Å². The molecule has 1 aliphatic rings. The minimum absolute atomic E-state index is 0.132. The number of carbonyl (C=O) groups excluding carboxylic acids is 1. The van der Waals surface area contributed by atoms with Gasteiger partial charge in [-0.05, 0) is 12.5 Å². The van der Waals surface area contributed by atoms with Gasteiger partial charge in [-0.1, -0.05) is 25.1 Å². The normalized spacial score (nSPS) is 16.3. The summed E-state index contributed by atoms with van der Waals surface area (Å²) in [6.45, 7) is 2.56. The zero-order valence-electron chi connectivity index (χ0n) is 14.5. The summed E-state index contributed by atoms with van der Waals surface area (Å²) in [5.74, 6) is 0.235. The zero-order valence-corrected chi connectivity index (χ0v) is 14.5. The Morgan fingerprint density at radius 1 is 1.16 bits per heavy atom. The highest BCUT2D eigenvalue weighted by Gasteiger charge is 2.33. The molecule has 1 aromatic carbocycles. The van der Waals surface area contributed by atoms with Crippen LogP contribution in [0.5, 0.6) is 5.75 Å². The van der Waals surface area contributed by atoms with Crippen LogP contribution in [0.1, 0.15) is 36.8 Å². The summed E-state index contributed by atoms with van der Waals surface area (Å²) in [6.07, 6.45) is 0.985. The summed E-state index contributed by atoms with van der Waals surface area (Å²) in [5.41, 5.74) is 0.327. The molecule has 0 saturated heterocycles. The summed E-state index contributed by atoms with van der Waals surface area (Å²) < 4.78 is 8.17. The molecular formula is C18H21N3O4. The van der Waals surface area contributed by atoms with E-state index >= 15 is 0 Å². The van der Waals surface area contributed by atoms with Gasteiger partial charge >= 0.3 is 5.69 Å². The van der Waals surface area contributed by atoms with E-state index in [1.165, 1.54) is 11.6 Å². The first-order valence-electron chi connectivity index (χ1n) is 8.27. The van der Waals surface area contributed by atoms with Crippen LogP contribution < -0.4 is 21.3 Å². The second-order valence-electron chi connectivity index (χ2n) is 6.16. The minimum Gasteiger partial charge on any atom is -0.493 e. The second kappa shape index (κ2) is 6.58. The van der Waals surface area contributed by atoms with E-state index in [1.807, 2.05) is 31.2 Å². The molecule has 25 heavy (non-hydrogen) atoms. The van der Waals surface area contributed by atoms with Crippen LogP contribution in [0.15, 0.2) is 33.9 Å². The molecule has 0 aliphatic carbocycles. The molecule has 0 saturated carbocycles. The van der Waals surface area contributed by atoms with Gasteiger partial charge in [0.05, 0.1) is 12.2 Å². The Bertz CT molecular complexity index is 942. The number of para-hydroxylation sites is 1. The monoisotopic (exact) mass is 343 g/mol. The van der Waals surface area contributed by atoms with E-state index < -0.39 is 17.2 Å². The van der Waals surface area contributed by atoms with E-state index in [0.29, 0.717) is 17.9 Å². The highest BCUT2D eigenvalue weighted by molar-refractivity contribution is 5.94. The van der Waals surface area contributed by atoms with Crippen LogP contribution in [0, 0.1) is 0 Å². The van der Waals surface area contributed by atoms with Crippen molar-refractivity contribution >= 4 is 11.7 Å². The molecule has 0 unspecified atom stereocenters. The molecule has 1 amide bonds. The van der Waals surface area contributed by atoms with E-state index in [-0.39, 0.29) is 18.1 Å². The molecule has 0 fully saturated rings. The number of anilines is 1. The van der Waals surface area contributed by atoms with Crippen molar-refractivity contribution in [3.05, 3.63) is 56.2 Å². The van der Waals surface area contributed by atoms with E-state index in [9.17, 15) is 14.4 Å². The van der Waals surface area contributed by atoms with Crippen molar-refractivity contribution in [1.82, 2.24) is 9.13 Å². The van der Waals surface area contributed by atoms with Gasteiger partial charge in [-0.25, -0.2) is 4.79 Å². The number of nitrogens with zero attached hydrogens (tertiary/aromatic N) is 2. The minimum atomic E-state index is -0.472. The average Bonchev–Trinajstić information content (AvgIpc) is 2.62. The number of aromatic nitrogens is 2. The molecule has 0 bridgehead atoms. The third kappa shape index (κ3) is 2.86. The van der Waals surface area contributed by atoms with Crippen LogP contribution in [0.2, 0.25) is 0 Å². The van der Waals surface area contributed by atoms with Crippen LogP contribution in [0.25, 0.3) is 0 Å². The van der Waals surface area contributed by atoms with Crippen LogP contribution >= 0.6 is 0 Å². The average molecular weight is 343 g/mol. The predicted octanol–water partition coefficient (Wildman–Crippen LogP) is 1.35. The number of ether oxygens (including phenoxy) is 1. The Balaban J connectivity index is 2.24. The molecule has 1 N–H and O–H groups in total. The van der Waals surface area contributed by atoms with Gasteiger partial charge in [-0.2, -0.15) is 0 Å². The maximum Gasteiger partial charge on any atom is 0.332 e.